The maximum atomic E-state index is 11.4. The SMILES string of the molecule is C.C.C.C.Cl.Cn1c(N)nc2ccc(OCCCN=C(N)N)cc21.Cn1c(N)nc2ccc(OCCCN=C([O-])OC(C)(C)C)cc21.Cn1c(N)nc2ccc(OCCCN=C([O-])OC(C)(C)C)cc21.N=C(N)n1cccn1.O=CC(F)(F)F. The minimum absolute atomic E-state index is 0. The Morgan fingerprint density at radius 1 is 0.607 bits per heavy atom. The maximum absolute atomic E-state index is 11.4. The minimum Gasteiger partial charge on any atom is -0.595 e. The van der Waals surface area contributed by atoms with Gasteiger partial charge in [0.2, 0.25) is 30.1 Å². The van der Waals surface area contributed by atoms with E-state index < -0.39 is 35.8 Å². The molecule has 4 aromatic heterocycles. The summed E-state index contributed by atoms with van der Waals surface area (Å²) in [6.07, 6.45) is -1.58. The van der Waals surface area contributed by atoms with Gasteiger partial charge in [0, 0.05) is 102 Å². The van der Waals surface area contributed by atoms with Crippen molar-refractivity contribution in [3.8, 4) is 17.2 Å². The predicted molar refractivity (Wildman–Crippen MR) is 329 cm³/mol. The summed E-state index contributed by atoms with van der Waals surface area (Å²) < 4.78 is 65.1. The maximum Gasteiger partial charge on any atom is 0.446 e. The molecule has 0 atom stereocenters. The van der Waals surface area contributed by atoms with E-state index in [1.807, 2.05) is 122 Å². The molecule has 4 heterocycles. The molecule has 472 valence electrons. The van der Waals surface area contributed by atoms with E-state index in [0.29, 0.717) is 70.1 Å². The van der Waals surface area contributed by atoms with Crippen LogP contribution in [0.15, 0.2) is 88.0 Å². The monoisotopic (exact) mass is 1210 g/mol. The average molecular weight is 1210 g/mol. The van der Waals surface area contributed by atoms with E-state index in [9.17, 15) is 23.4 Å². The van der Waals surface area contributed by atoms with E-state index >= 15 is 0 Å². The van der Waals surface area contributed by atoms with E-state index in [-0.39, 0.29) is 54.0 Å². The van der Waals surface area contributed by atoms with Crippen molar-refractivity contribution in [2.45, 2.75) is 108 Å². The summed E-state index contributed by atoms with van der Waals surface area (Å²) in [7, 11) is 5.58. The standard InChI is InChI=1S/2C16H24N4O3.C12H18N6O.C4H6N4.C2HF3O.4CH4.ClH/c2*1-16(2,3)23-15(21)18-8-5-9-22-11-6-7-12-13(10-11)20(4)14(17)19-12;1-18-10-7-8(3-4-9(10)17-12(18)15)19-6-2-5-16-11(13)14;5-4(6)8-3-1-2-7-8;3-2(4,5)1-6;;;;;/h2*6-7,10H,5,8-9H2,1-4H3,(H2,17,19)(H,18,21);3-4,7H,2,5-6H2,1H3,(H2,15,17)(H4,13,14,16);1-3H,(H3,5,6);1H;4*1H4;1H/p-2. The number of fused-ring (bicyclic) bond motifs is 3. The van der Waals surface area contributed by atoms with Gasteiger partial charge in [-0.2, -0.15) is 18.3 Å². The van der Waals surface area contributed by atoms with Crippen molar-refractivity contribution in [3.63, 3.8) is 0 Å². The van der Waals surface area contributed by atoms with E-state index in [1.54, 1.807) is 27.6 Å². The number of guanidine groups is 1. The molecule has 0 aliphatic rings. The van der Waals surface area contributed by atoms with Crippen LogP contribution in [0.3, 0.4) is 0 Å². The highest BCUT2D eigenvalue weighted by atomic mass is 35.5. The molecule has 30 heteroatoms. The number of aromatic nitrogens is 8. The third kappa shape index (κ3) is 29.2. The lowest BCUT2D eigenvalue weighted by Crippen LogP contribution is -2.32. The molecule has 0 fully saturated rings. The molecule has 0 spiro atoms. The van der Waals surface area contributed by atoms with Crippen LogP contribution in [0.25, 0.3) is 33.1 Å². The topological polar surface area (TPSA) is 398 Å². The lowest BCUT2D eigenvalue weighted by molar-refractivity contribution is -0.261. The van der Waals surface area contributed by atoms with Gasteiger partial charge in [-0.05, 0) is 42.5 Å². The molecule has 7 rings (SSSR count). The van der Waals surface area contributed by atoms with Crippen LogP contribution < -0.4 is 58.8 Å². The number of carbonyl (C=O) groups excluding carboxylic acids is 1. The van der Waals surface area contributed by atoms with E-state index in [0.717, 1.165) is 56.8 Å². The number of nitrogen functional groups attached to an aromatic ring is 4. The first kappa shape index (κ1) is 79.3. The summed E-state index contributed by atoms with van der Waals surface area (Å²) in [5.74, 6) is 3.71. The number of nitrogens with two attached hydrogens (primary N) is 6. The highest BCUT2D eigenvalue weighted by Gasteiger charge is 2.25. The third-order valence-corrected chi connectivity index (χ3v) is 9.82. The summed E-state index contributed by atoms with van der Waals surface area (Å²) in [5.41, 5.74) is 37.0. The molecule has 0 aliphatic carbocycles. The fourth-order valence-corrected chi connectivity index (χ4v) is 6.15. The zero-order valence-electron chi connectivity index (χ0n) is 46.1. The van der Waals surface area contributed by atoms with Crippen molar-refractivity contribution < 1.29 is 51.9 Å². The number of nitrogens with zero attached hydrogens (tertiary/aromatic N) is 11. The summed E-state index contributed by atoms with van der Waals surface area (Å²) >= 11 is 0. The molecular formula is C54H88ClF3N18O8-2. The van der Waals surface area contributed by atoms with Gasteiger partial charge in [-0.1, -0.05) is 71.2 Å². The number of anilines is 3. The number of benzene rings is 3. The molecule has 0 aliphatic heterocycles. The normalized spacial score (nSPS) is 11.0. The Bertz CT molecular complexity index is 3000. The second kappa shape index (κ2) is 37.3. The van der Waals surface area contributed by atoms with Crippen LogP contribution in [0.4, 0.5) is 31.0 Å². The van der Waals surface area contributed by atoms with Gasteiger partial charge in [-0.3, -0.25) is 25.2 Å². The second-order valence-corrected chi connectivity index (χ2v) is 18.7. The average Bonchev–Trinajstić information content (AvgIpc) is 3.87. The number of aldehydes is 1. The highest BCUT2D eigenvalue weighted by molar-refractivity contribution is 5.85. The molecule has 13 N–H and O–H groups in total. The van der Waals surface area contributed by atoms with Crippen LogP contribution in [-0.4, -0.2) is 126 Å². The summed E-state index contributed by atoms with van der Waals surface area (Å²) in [5, 5.41) is 33.4. The van der Waals surface area contributed by atoms with Crippen LogP contribution in [0.2, 0.25) is 0 Å². The smallest absolute Gasteiger partial charge is 0.446 e. The quantitative estimate of drug-likeness (QED) is 0.0251. The molecule has 0 saturated heterocycles. The predicted octanol–water partition coefficient (Wildman–Crippen LogP) is 6.45. The fraction of sp³-hybridized carbons (Fsp3) is 0.463. The summed E-state index contributed by atoms with van der Waals surface area (Å²) in [6, 6.07) is 18.6. The Hall–Kier alpha value is -8.89. The van der Waals surface area contributed by atoms with Gasteiger partial charge in [-0.25, -0.2) is 19.6 Å². The molecule has 84 heavy (non-hydrogen) atoms. The van der Waals surface area contributed by atoms with Gasteiger partial charge in [0.15, 0.2) is 5.96 Å². The molecule has 3 aromatic carbocycles. The van der Waals surface area contributed by atoms with E-state index in [2.05, 4.69) is 35.0 Å². The lowest BCUT2D eigenvalue weighted by atomic mass is 10.2. The molecule has 0 radical (unpaired) electrons. The number of hydrogen-bond donors (Lipinski definition) is 7. The fourth-order valence-electron chi connectivity index (χ4n) is 6.15. The van der Waals surface area contributed by atoms with Crippen LogP contribution in [0, 0.1) is 5.41 Å². The van der Waals surface area contributed by atoms with Crippen LogP contribution in [0.1, 0.15) is 90.5 Å². The van der Waals surface area contributed by atoms with Gasteiger partial charge >= 0.3 is 6.18 Å². The van der Waals surface area contributed by atoms with Crippen molar-refractivity contribution in [1.29, 1.82) is 5.41 Å². The first-order chi connectivity index (χ1) is 37.0. The number of aryl methyl sites for hydroxylation is 3. The van der Waals surface area contributed by atoms with Gasteiger partial charge in [-0.15, -0.1) is 12.4 Å². The lowest BCUT2D eigenvalue weighted by Gasteiger charge is -2.29. The number of imidazole rings is 3. The summed E-state index contributed by atoms with van der Waals surface area (Å²) in [4.78, 5) is 32.9. The van der Waals surface area contributed by atoms with Crippen molar-refractivity contribution in [2.75, 3.05) is 56.7 Å². The number of carbonyl (C=O) groups is 1. The highest BCUT2D eigenvalue weighted by Crippen LogP contribution is 2.25. The van der Waals surface area contributed by atoms with Crippen LogP contribution in [0.5, 0.6) is 17.2 Å². The van der Waals surface area contributed by atoms with Gasteiger partial charge in [0.1, 0.15) is 29.4 Å². The number of halogens is 4. The van der Waals surface area contributed by atoms with Gasteiger partial charge in [0.05, 0.1) is 52.9 Å². The van der Waals surface area contributed by atoms with Crippen LogP contribution >= 0.6 is 12.4 Å². The Kier molecular flexibility index (Phi) is 35.2. The molecule has 26 nitrogen and oxygen atoms in total. The number of alkyl halides is 3. The second-order valence-electron chi connectivity index (χ2n) is 18.7. The number of nitrogens with one attached hydrogen (secondary N) is 1. The molecule has 0 amide bonds. The van der Waals surface area contributed by atoms with Crippen molar-refractivity contribution in [3.05, 3.63) is 73.1 Å². The van der Waals surface area contributed by atoms with Crippen molar-refractivity contribution >= 4 is 93.7 Å². The van der Waals surface area contributed by atoms with Gasteiger partial charge in [0.25, 0.3) is 0 Å². The number of ether oxygens (including phenoxy) is 5. The van der Waals surface area contributed by atoms with E-state index in [4.69, 9.17) is 68.3 Å². The zero-order valence-corrected chi connectivity index (χ0v) is 46.9. The largest absolute Gasteiger partial charge is 0.595 e. The third-order valence-electron chi connectivity index (χ3n) is 9.82. The molecular weight excluding hydrogens is 1120 g/mol. The molecule has 0 saturated carbocycles. The zero-order chi connectivity index (χ0) is 59.1. The van der Waals surface area contributed by atoms with E-state index in [1.165, 1.54) is 4.68 Å². The minimum atomic E-state index is -4.64. The molecule has 0 unspecified atom stereocenters. The van der Waals surface area contributed by atoms with Crippen LogP contribution in [-0.2, 0) is 35.4 Å². The molecule has 7 aromatic rings. The first-order valence-corrected chi connectivity index (χ1v) is 24.2. The Labute approximate surface area is 496 Å². The van der Waals surface area contributed by atoms with Crippen molar-refractivity contribution in [2.24, 2.45) is 53.3 Å². The summed E-state index contributed by atoms with van der Waals surface area (Å²) in [6.45, 7) is 13.6. The Morgan fingerprint density at radius 2 is 0.917 bits per heavy atom. The van der Waals surface area contributed by atoms with Crippen molar-refractivity contribution in [1.82, 2.24) is 38.4 Å². The van der Waals surface area contributed by atoms with Gasteiger partial charge < -0.3 is 82.0 Å². The molecule has 0 bridgehead atoms. The Morgan fingerprint density at radius 3 is 1.15 bits per heavy atom. The first-order valence-electron chi connectivity index (χ1n) is 24.2. The number of rotatable bonds is 15. The number of hydrogen-bond acceptors (Lipinski definition) is 19. The Balaban J connectivity index is -0.00000102. The number of aliphatic imine (C=N–C) groups is 3.